The van der Waals surface area contributed by atoms with Crippen LogP contribution in [0.1, 0.15) is 135 Å². The van der Waals surface area contributed by atoms with Crippen LogP contribution in [0.4, 0.5) is 22.4 Å². The van der Waals surface area contributed by atoms with Crippen LogP contribution in [0.5, 0.6) is 5.75 Å². The number of fused-ring (bicyclic) bond motifs is 7. The van der Waals surface area contributed by atoms with E-state index in [1.54, 1.807) is 0 Å². The van der Waals surface area contributed by atoms with Crippen LogP contribution >= 0.6 is 12.6 Å². The molecule has 1 aromatic carbocycles. The van der Waals surface area contributed by atoms with Gasteiger partial charge in [0.2, 0.25) is 0 Å². The second-order valence-electron chi connectivity index (χ2n) is 16.1. The summed E-state index contributed by atoms with van der Waals surface area (Å²) in [5, 5.41) is 0. The second kappa shape index (κ2) is 16.5. The quantitative estimate of drug-likeness (QED) is 0.165. The second-order valence-corrected chi connectivity index (χ2v) is 16.5. The molecule has 2 radical (unpaired) electrons. The Morgan fingerprint density at radius 3 is 2.20 bits per heavy atom. The topological polar surface area (TPSA) is 55.8 Å². The summed E-state index contributed by atoms with van der Waals surface area (Å²) in [6.07, 6.45) is 10.4. The van der Waals surface area contributed by atoms with Gasteiger partial charge in [-0.3, -0.25) is 9.69 Å². The fraction of sp³-hybridized carbons (Fsp3) is 0.795. The van der Waals surface area contributed by atoms with E-state index in [4.69, 9.17) is 9.47 Å². The van der Waals surface area contributed by atoms with Gasteiger partial charge in [-0.2, -0.15) is 12.6 Å². The summed E-state index contributed by atoms with van der Waals surface area (Å²) in [7, 11) is 3.95. The van der Waals surface area contributed by atoms with Gasteiger partial charge in [0.25, 0.3) is 11.7 Å². The largest absolute Gasteiger partial charge is 0.415 e. The monoisotopic (exact) mass is 723 g/mol. The predicted octanol–water partition coefficient (Wildman–Crippen LogP) is 9.96. The molecule has 2 saturated carbocycles. The van der Waals surface area contributed by atoms with Gasteiger partial charge in [-0.25, -0.2) is 22.4 Å². The maximum atomic E-state index is 13.1. The van der Waals surface area contributed by atoms with Crippen molar-refractivity contribution in [2.75, 3.05) is 19.0 Å². The van der Waals surface area contributed by atoms with E-state index in [2.05, 4.69) is 74.2 Å². The molecule has 0 N–H and O–H groups in total. The standard InChI is InChI=1S/C27H35NO4.C7H16.C5H7BF4S/c1-3-16-12-22-17(4-7-21-20(22)10-11-27(2)23(21)8-9-25(27)29)13-24(16)32-26(30)28-18-5-6-19(28)15-31-14-18;1-5-7(3,4)6-2;6-5(9,10)4(7,8)2-1-3-11/h12-13,18-21,23H,3-11,14-15H2,1-2H3;5-6H2,1-4H3;11H,1-3H2. The van der Waals surface area contributed by atoms with E-state index in [-0.39, 0.29) is 35.8 Å². The normalized spacial score (nSPS) is 28.7. The SMILES string of the molecule is CCC(C)(C)CC.CCc1cc2c(cc1OC(=O)N1C3CCC1COC3)CCC1C2CCC2(C)C(=O)CCC12.[B]C(F)(F)C(F)(F)CCCS. The highest BCUT2D eigenvalue weighted by Gasteiger charge is 2.55. The number of morpholine rings is 1. The highest BCUT2D eigenvalue weighted by atomic mass is 32.1. The Hall–Kier alpha value is -1.75. The molecule has 2 heterocycles. The summed E-state index contributed by atoms with van der Waals surface area (Å²) < 4.78 is 59.7. The number of aryl methyl sites for hydroxylation is 2. The van der Waals surface area contributed by atoms with E-state index >= 15 is 0 Å². The average Bonchev–Trinajstić information content (AvgIpc) is 3.53. The van der Waals surface area contributed by atoms with Gasteiger partial charge in [-0.1, -0.05) is 60.5 Å². The molecule has 6 atom stereocenters. The van der Waals surface area contributed by atoms with Crippen LogP contribution in [0.15, 0.2) is 12.1 Å². The number of Topliss-reactive ketones (excluding diaryl/α,β-unsaturated/α-hetero) is 1. The molecular weight excluding hydrogens is 665 g/mol. The molecule has 2 bridgehead atoms. The molecule has 2 saturated heterocycles. The number of thiol groups is 1. The van der Waals surface area contributed by atoms with E-state index in [0.29, 0.717) is 42.2 Å². The van der Waals surface area contributed by atoms with Gasteiger partial charge < -0.3 is 9.47 Å². The number of rotatable bonds is 8. The van der Waals surface area contributed by atoms with Crippen molar-refractivity contribution >= 4 is 32.4 Å². The average molecular weight is 724 g/mol. The van der Waals surface area contributed by atoms with Crippen molar-refractivity contribution < 1.29 is 36.6 Å². The summed E-state index contributed by atoms with van der Waals surface area (Å²) in [6, 6.07) is 4.83. The molecule has 0 aromatic heterocycles. The van der Waals surface area contributed by atoms with Crippen molar-refractivity contribution in [2.45, 2.75) is 155 Å². The third-order valence-corrected chi connectivity index (χ3v) is 13.0. The fourth-order valence-electron chi connectivity index (χ4n) is 8.58. The van der Waals surface area contributed by atoms with Crippen LogP contribution in [0, 0.1) is 22.7 Å². The van der Waals surface area contributed by atoms with Crippen molar-refractivity contribution in [3.63, 3.8) is 0 Å². The van der Waals surface area contributed by atoms with E-state index in [1.165, 1.54) is 24.0 Å². The number of nitrogens with zero attached hydrogens (tertiary/aromatic N) is 1. The molecule has 2 aliphatic heterocycles. The van der Waals surface area contributed by atoms with E-state index in [1.807, 2.05) is 4.90 Å². The molecule has 3 aliphatic carbocycles. The number of alkyl halides is 4. The van der Waals surface area contributed by atoms with Crippen LogP contribution in [0.25, 0.3) is 0 Å². The van der Waals surface area contributed by atoms with E-state index in [0.717, 1.165) is 69.1 Å². The zero-order valence-corrected chi connectivity index (χ0v) is 31.9. The van der Waals surface area contributed by atoms with Gasteiger partial charge in [0, 0.05) is 18.3 Å². The Kier molecular flexibility index (Phi) is 13.5. The Bertz CT molecular complexity index is 1320. The lowest BCUT2D eigenvalue weighted by atomic mass is 9.55. The number of carbonyl (C=O) groups is 2. The molecular formula is C39H58BF4NO4S. The number of amides is 1. The minimum atomic E-state index is -4.42. The third kappa shape index (κ3) is 8.89. The number of ether oxygens (including phenoxy) is 2. The molecule has 1 amide bonds. The van der Waals surface area contributed by atoms with Crippen LogP contribution in [-0.4, -0.2) is 67.4 Å². The lowest BCUT2D eigenvalue weighted by Crippen LogP contribution is -2.50. The van der Waals surface area contributed by atoms with Crippen LogP contribution in [0.2, 0.25) is 0 Å². The summed E-state index contributed by atoms with van der Waals surface area (Å²) in [5.41, 5.74) is 4.45. The summed E-state index contributed by atoms with van der Waals surface area (Å²) in [5.74, 6) is -5.43. The van der Waals surface area contributed by atoms with Crippen molar-refractivity contribution in [1.29, 1.82) is 0 Å². The third-order valence-electron chi connectivity index (χ3n) is 12.7. The number of halogens is 4. The van der Waals surface area contributed by atoms with Gasteiger partial charge >= 0.3 is 6.09 Å². The minimum Gasteiger partial charge on any atom is -0.410 e. The molecule has 0 spiro atoms. The molecule has 280 valence electrons. The summed E-state index contributed by atoms with van der Waals surface area (Å²) >= 11 is 3.61. The molecule has 5 aliphatic rings. The lowest BCUT2D eigenvalue weighted by molar-refractivity contribution is -0.161. The molecule has 5 nitrogen and oxygen atoms in total. The fourth-order valence-corrected chi connectivity index (χ4v) is 8.74. The number of ketones is 1. The predicted molar refractivity (Wildman–Crippen MR) is 194 cm³/mol. The van der Waals surface area contributed by atoms with Crippen molar-refractivity contribution in [1.82, 2.24) is 4.90 Å². The Balaban J connectivity index is 0.000000260. The van der Waals surface area contributed by atoms with Gasteiger partial charge in [-0.15, -0.1) is 0 Å². The molecule has 1 aromatic rings. The summed E-state index contributed by atoms with van der Waals surface area (Å²) in [6.45, 7) is 14.7. The molecule has 11 heteroatoms. The van der Waals surface area contributed by atoms with Crippen molar-refractivity contribution in [2.24, 2.45) is 22.7 Å². The first-order valence-electron chi connectivity index (χ1n) is 18.8. The van der Waals surface area contributed by atoms with Crippen LogP contribution < -0.4 is 4.74 Å². The minimum absolute atomic E-state index is 0.0805. The Morgan fingerprint density at radius 1 is 1.02 bits per heavy atom. The molecule has 50 heavy (non-hydrogen) atoms. The van der Waals surface area contributed by atoms with E-state index < -0.39 is 18.2 Å². The molecule has 6 rings (SSSR count). The van der Waals surface area contributed by atoms with Gasteiger partial charge in [0.1, 0.15) is 11.5 Å². The van der Waals surface area contributed by atoms with Crippen molar-refractivity contribution in [3.05, 3.63) is 28.8 Å². The van der Waals surface area contributed by atoms with Crippen molar-refractivity contribution in [3.8, 4) is 5.75 Å². The number of carbonyl (C=O) groups excluding carboxylic acids is 2. The number of hydrogen-bond donors (Lipinski definition) is 1. The Morgan fingerprint density at radius 2 is 1.66 bits per heavy atom. The van der Waals surface area contributed by atoms with Crippen LogP contribution in [0.3, 0.4) is 0 Å². The maximum Gasteiger partial charge on any atom is 0.415 e. The zero-order chi connectivity index (χ0) is 37.1. The first kappa shape index (κ1) is 41.0. The Labute approximate surface area is 304 Å². The van der Waals surface area contributed by atoms with Gasteiger partial charge in [0.05, 0.1) is 25.3 Å². The lowest BCUT2D eigenvalue weighted by Gasteiger charge is -2.48. The number of hydrogen-bond acceptors (Lipinski definition) is 5. The zero-order valence-electron chi connectivity index (χ0n) is 31.0. The van der Waals surface area contributed by atoms with Gasteiger partial charge in [-0.05, 0) is 109 Å². The molecule has 6 unspecified atom stereocenters. The highest BCUT2D eigenvalue weighted by molar-refractivity contribution is 7.80. The van der Waals surface area contributed by atoms with Crippen LogP contribution in [-0.2, 0) is 22.4 Å². The molecule has 4 fully saturated rings. The first-order chi connectivity index (χ1) is 23.4. The van der Waals surface area contributed by atoms with Gasteiger partial charge in [0.15, 0.2) is 7.85 Å². The first-order valence-corrected chi connectivity index (χ1v) is 19.5. The summed E-state index contributed by atoms with van der Waals surface area (Å²) in [4.78, 5) is 27.6. The van der Waals surface area contributed by atoms with E-state index in [9.17, 15) is 27.2 Å². The number of benzene rings is 1. The smallest absolute Gasteiger partial charge is 0.410 e. The maximum absolute atomic E-state index is 13.1. The highest BCUT2D eigenvalue weighted by Crippen LogP contribution is 2.59.